The van der Waals surface area contributed by atoms with E-state index in [1.165, 1.54) is 30.2 Å². The first-order valence-electron chi connectivity index (χ1n) is 10.1. The summed E-state index contributed by atoms with van der Waals surface area (Å²) in [6.45, 7) is 0.218. The van der Waals surface area contributed by atoms with Gasteiger partial charge in [-0.05, 0) is 29.3 Å². The van der Waals surface area contributed by atoms with Crippen molar-refractivity contribution >= 4 is 24.0 Å². The first kappa shape index (κ1) is 19.9. The highest BCUT2D eigenvalue weighted by Crippen LogP contribution is 2.57. The molecule has 0 saturated heterocycles. The Morgan fingerprint density at radius 3 is 2.44 bits per heavy atom. The lowest BCUT2D eigenvalue weighted by molar-refractivity contribution is -0.162. The number of rotatable bonds is 4. The second kappa shape index (κ2) is 7.30. The lowest BCUT2D eigenvalue weighted by Gasteiger charge is -2.36. The number of anilines is 1. The van der Waals surface area contributed by atoms with Crippen LogP contribution in [-0.4, -0.2) is 25.4 Å². The van der Waals surface area contributed by atoms with Gasteiger partial charge >= 0.3 is 5.97 Å². The third-order valence-corrected chi connectivity index (χ3v) is 6.02. The number of nitrogens with zero attached hydrogens (tertiary/aromatic N) is 2. The van der Waals surface area contributed by atoms with Crippen LogP contribution in [0, 0.1) is 5.82 Å². The summed E-state index contributed by atoms with van der Waals surface area (Å²) in [7, 11) is 1.22. The van der Waals surface area contributed by atoms with E-state index in [4.69, 9.17) is 9.47 Å². The number of hydrogen-bond donors (Lipinski definition) is 0. The van der Waals surface area contributed by atoms with Gasteiger partial charge in [-0.1, -0.05) is 60.7 Å². The maximum atomic E-state index is 14.5. The van der Waals surface area contributed by atoms with E-state index in [0.717, 1.165) is 12.0 Å². The fraction of sp³-hybridized carbons (Fsp3) is 0.160. The number of halogens is 1. The van der Waals surface area contributed by atoms with Crippen LogP contribution in [0.3, 0.4) is 0 Å². The minimum absolute atomic E-state index is 0.218. The molecule has 160 valence electrons. The Balaban J connectivity index is 1.77. The van der Waals surface area contributed by atoms with Gasteiger partial charge < -0.3 is 14.4 Å². The van der Waals surface area contributed by atoms with Crippen molar-refractivity contribution < 1.29 is 23.5 Å². The van der Waals surface area contributed by atoms with Crippen molar-refractivity contribution in [2.75, 3.05) is 12.0 Å². The van der Waals surface area contributed by atoms with E-state index in [1.54, 1.807) is 30.3 Å². The summed E-state index contributed by atoms with van der Waals surface area (Å²) in [5.41, 5.74) is -1.84. The van der Waals surface area contributed by atoms with Gasteiger partial charge in [0.2, 0.25) is 5.54 Å². The van der Waals surface area contributed by atoms with Gasteiger partial charge in [-0.2, -0.15) is 0 Å². The average Bonchev–Trinajstić information content (AvgIpc) is 3.34. The van der Waals surface area contributed by atoms with E-state index in [2.05, 4.69) is 4.99 Å². The lowest BCUT2D eigenvalue weighted by Crippen LogP contribution is -2.57. The largest absolute Gasteiger partial charge is 0.467 e. The van der Waals surface area contributed by atoms with Crippen molar-refractivity contribution in [2.45, 2.75) is 17.7 Å². The SMILES string of the molecule is COC(=O)[C@@]1(c2ccccc2)N=CO[C@@]12C(=O)N(Cc1ccccc1)c1ccc(F)cc12. The highest BCUT2D eigenvalue weighted by molar-refractivity contribution is 6.13. The number of methoxy groups -OCH3 is 1. The number of hydrogen-bond acceptors (Lipinski definition) is 5. The predicted octanol–water partition coefficient (Wildman–Crippen LogP) is 3.69. The summed E-state index contributed by atoms with van der Waals surface area (Å²) in [5, 5.41) is 0. The van der Waals surface area contributed by atoms with E-state index >= 15 is 0 Å². The number of amides is 1. The Morgan fingerprint density at radius 1 is 1.06 bits per heavy atom. The molecule has 0 bridgehead atoms. The number of benzene rings is 3. The molecule has 2 atom stereocenters. The first-order chi connectivity index (χ1) is 15.5. The molecule has 0 unspecified atom stereocenters. The molecule has 0 aliphatic carbocycles. The Kier molecular flexibility index (Phi) is 4.55. The molecule has 2 aliphatic rings. The van der Waals surface area contributed by atoms with E-state index in [1.807, 2.05) is 30.3 Å². The summed E-state index contributed by atoms with van der Waals surface area (Å²) in [4.78, 5) is 33.3. The second-order valence-electron chi connectivity index (χ2n) is 7.64. The molecule has 7 heteroatoms. The second-order valence-corrected chi connectivity index (χ2v) is 7.64. The minimum atomic E-state index is -1.94. The van der Waals surface area contributed by atoms with Crippen LogP contribution < -0.4 is 4.90 Å². The standard InChI is InChI=1S/C25H19FN2O4/c1-31-23(30)24(18-10-6-3-7-11-18)25(32-16-27-24)20-14-19(26)12-13-21(20)28(22(25)29)15-17-8-4-2-5-9-17/h2-14,16H,15H2,1H3/t24-,25+/m1/s1. The van der Waals surface area contributed by atoms with Gasteiger partial charge in [0.25, 0.3) is 11.5 Å². The summed E-state index contributed by atoms with van der Waals surface area (Å²) in [6, 6.07) is 22.0. The Labute approximate surface area is 183 Å². The van der Waals surface area contributed by atoms with Gasteiger partial charge in [0.05, 0.1) is 19.3 Å². The average molecular weight is 430 g/mol. The smallest absolute Gasteiger partial charge is 0.343 e. The third kappa shape index (κ3) is 2.54. The summed E-state index contributed by atoms with van der Waals surface area (Å²) >= 11 is 0. The van der Waals surface area contributed by atoms with E-state index in [9.17, 15) is 14.0 Å². The topological polar surface area (TPSA) is 68.2 Å². The van der Waals surface area contributed by atoms with Crippen molar-refractivity contribution in [3.63, 3.8) is 0 Å². The van der Waals surface area contributed by atoms with Crippen LogP contribution in [-0.2, 0) is 36.7 Å². The van der Waals surface area contributed by atoms with Gasteiger partial charge in [-0.25, -0.2) is 14.2 Å². The van der Waals surface area contributed by atoms with Gasteiger partial charge in [0.1, 0.15) is 5.82 Å². The van der Waals surface area contributed by atoms with Crippen molar-refractivity contribution in [3.05, 3.63) is 101 Å². The van der Waals surface area contributed by atoms with Crippen LogP contribution in [0.15, 0.2) is 83.9 Å². The molecule has 3 aromatic rings. The molecule has 2 heterocycles. The summed E-state index contributed by atoms with van der Waals surface area (Å²) < 4.78 is 25.5. The molecular weight excluding hydrogens is 411 g/mol. The van der Waals surface area contributed by atoms with E-state index in [-0.39, 0.29) is 12.1 Å². The van der Waals surface area contributed by atoms with Crippen LogP contribution in [0.4, 0.5) is 10.1 Å². The fourth-order valence-electron chi connectivity index (χ4n) is 4.61. The molecule has 2 aliphatic heterocycles. The number of ether oxygens (including phenoxy) is 2. The molecule has 0 fully saturated rings. The van der Waals surface area contributed by atoms with Crippen LogP contribution in [0.5, 0.6) is 0 Å². The highest BCUT2D eigenvalue weighted by atomic mass is 19.1. The number of esters is 1. The normalized spacial score (nSPS) is 23.3. The monoisotopic (exact) mass is 430 g/mol. The minimum Gasteiger partial charge on any atom is -0.467 e. The quantitative estimate of drug-likeness (QED) is 0.592. The number of carbonyl (C=O) groups is 2. The third-order valence-electron chi connectivity index (χ3n) is 6.02. The fourth-order valence-corrected chi connectivity index (χ4v) is 4.61. The molecule has 1 spiro atoms. The zero-order chi connectivity index (χ0) is 22.3. The van der Waals surface area contributed by atoms with Crippen molar-refractivity contribution in [1.82, 2.24) is 0 Å². The molecule has 0 N–H and O–H groups in total. The molecule has 1 amide bonds. The van der Waals surface area contributed by atoms with Crippen LogP contribution in [0.25, 0.3) is 0 Å². The van der Waals surface area contributed by atoms with Crippen LogP contribution in [0.2, 0.25) is 0 Å². The van der Waals surface area contributed by atoms with Gasteiger partial charge in [0, 0.05) is 5.56 Å². The first-order valence-corrected chi connectivity index (χ1v) is 10.1. The van der Waals surface area contributed by atoms with E-state index in [0.29, 0.717) is 11.3 Å². The molecule has 0 saturated carbocycles. The molecule has 6 nitrogen and oxygen atoms in total. The van der Waals surface area contributed by atoms with E-state index < -0.39 is 28.8 Å². The summed E-state index contributed by atoms with van der Waals surface area (Å²) in [5.74, 6) is -1.85. The number of aliphatic imine (C=N–C) groups is 1. The van der Waals surface area contributed by atoms with Gasteiger partial charge in [-0.3, -0.25) is 4.79 Å². The lowest BCUT2D eigenvalue weighted by atomic mass is 9.71. The van der Waals surface area contributed by atoms with Crippen LogP contribution in [0.1, 0.15) is 16.7 Å². The molecule has 0 radical (unpaired) electrons. The maximum absolute atomic E-state index is 14.5. The zero-order valence-electron chi connectivity index (χ0n) is 17.2. The van der Waals surface area contributed by atoms with Gasteiger partial charge in [-0.15, -0.1) is 0 Å². The van der Waals surface area contributed by atoms with Crippen molar-refractivity contribution in [1.29, 1.82) is 0 Å². The van der Waals surface area contributed by atoms with Crippen molar-refractivity contribution in [2.24, 2.45) is 4.99 Å². The molecule has 5 rings (SSSR count). The predicted molar refractivity (Wildman–Crippen MR) is 115 cm³/mol. The number of carbonyl (C=O) groups excluding carboxylic acids is 2. The van der Waals surface area contributed by atoms with Gasteiger partial charge in [0.15, 0.2) is 6.40 Å². The summed E-state index contributed by atoms with van der Waals surface area (Å²) in [6.07, 6.45) is 1.09. The molecule has 3 aromatic carbocycles. The van der Waals surface area contributed by atoms with Crippen molar-refractivity contribution in [3.8, 4) is 0 Å². The highest BCUT2D eigenvalue weighted by Gasteiger charge is 2.73. The molecule has 0 aromatic heterocycles. The Bertz CT molecular complexity index is 1230. The number of fused-ring (bicyclic) bond motifs is 2. The van der Waals surface area contributed by atoms with Crippen LogP contribution >= 0.6 is 0 Å². The Morgan fingerprint density at radius 2 is 1.75 bits per heavy atom. The molecular formula is C25H19FN2O4. The maximum Gasteiger partial charge on any atom is 0.343 e. The molecule has 32 heavy (non-hydrogen) atoms. The zero-order valence-corrected chi connectivity index (χ0v) is 17.2. The Hall–Kier alpha value is -4.00.